The molecule has 0 aliphatic heterocycles. The normalized spacial score (nSPS) is 13.8. The SMILES string of the molecule is CC1=CC(C)=[C]([Cr][c]2cccc3cccnc23)C1.Cl.Cl. The van der Waals surface area contributed by atoms with Crippen LogP contribution in [0, 0.1) is 0 Å². The number of benzene rings is 1. The van der Waals surface area contributed by atoms with E-state index in [1.165, 1.54) is 26.5 Å². The van der Waals surface area contributed by atoms with Crippen LogP contribution in [0.4, 0.5) is 0 Å². The van der Waals surface area contributed by atoms with Crippen molar-refractivity contribution in [1.29, 1.82) is 0 Å². The number of nitrogens with zero attached hydrogens (tertiary/aromatic N) is 1. The molecule has 0 saturated heterocycles. The van der Waals surface area contributed by atoms with Gasteiger partial charge < -0.3 is 0 Å². The fourth-order valence-electron chi connectivity index (χ4n) is 2.30. The Labute approximate surface area is 138 Å². The van der Waals surface area contributed by atoms with Gasteiger partial charge in [0.05, 0.1) is 0 Å². The van der Waals surface area contributed by atoms with E-state index in [-0.39, 0.29) is 24.8 Å². The Kier molecular flexibility index (Phi) is 6.30. The van der Waals surface area contributed by atoms with E-state index in [0.717, 1.165) is 6.42 Å². The van der Waals surface area contributed by atoms with Gasteiger partial charge in [-0.05, 0) is 0 Å². The zero-order valence-electron chi connectivity index (χ0n) is 11.4. The number of hydrogen-bond acceptors (Lipinski definition) is 1. The van der Waals surface area contributed by atoms with E-state index in [1.807, 2.05) is 12.3 Å². The van der Waals surface area contributed by atoms with Crippen LogP contribution in [-0.4, -0.2) is 4.98 Å². The van der Waals surface area contributed by atoms with Crippen LogP contribution in [0.15, 0.2) is 58.2 Å². The molecule has 4 heteroatoms. The van der Waals surface area contributed by atoms with Crippen molar-refractivity contribution in [2.45, 2.75) is 20.3 Å². The first kappa shape index (κ1) is 17.3. The molecule has 2 aromatic rings. The molecule has 1 heterocycles. The summed E-state index contributed by atoms with van der Waals surface area (Å²) in [5, 5.41) is 1.25. The van der Waals surface area contributed by atoms with Crippen LogP contribution in [0.2, 0.25) is 0 Å². The molecule has 1 aromatic carbocycles. The first-order chi connectivity index (χ1) is 8.74. The van der Waals surface area contributed by atoms with Crippen molar-refractivity contribution < 1.29 is 15.2 Å². The van der Waals surface area contributed by atoms with Crippen LogP contribution in [0.5, 0.6) is 0 Å². The average Bonchev–Trinajstić information content (AvgIpc) is 2.68. The number of halogens is 2. The molecule has 106 valence electrons. The van der Waals surface area contributed by atoms with Crippen molar-refractivity contribution in [2.75, 3.05) is 0 Å². The molecule has 0 N–H and O–H groups in total. The van der Waals surface area contributed by atoms with Gasteiger partial charge in [0, 0.05) is 0 Å². The maximum absolute atomic E-state index is 4.54. The Hall–Kier alpha value is -0.778. The molecular formula is C16H17Cl2CrN. The van der Waals surface area contributed by atoms with Crippen molar-refractivity contribution in [2.24, 2.45) is 0 Å². The molecule has 0 bridgehead atoms. The molecule has 0 saturated carbocycles. The maximum atomic E-state index is 4.54. The second kappa shape index (κ2) is 7.29. The van der Waals surface area contributed by atoms with Crippen LogP contribution < -0.4 is 4.43 Å². The quantitative estimate of drug-likeness (QED) is 0.785. The molecule has 0 unspecified atom stereocenters. The van der Waals surface area contributed by atoms with Gasteiger partial charge in [-0.15, -0.1) is 24.8 Å². The minimum atomic E-state index is 0. The third kappa shape index (κ3) is 3.45. The van der Waals surface area contributed by atoms with E-state index in [9.17, 15) is 0 Å². The van der Waals surface area contributed by atoms with Gasteiger partial charge in [-0.2, -0.15) is 0 Å². The topological polar surface area (TPSA) is 12.9 Å². The van der Waals surface area contributed by atoms with Crippen LogP contribution in [0.25, 0.3) is 10.9 Å². The van der Waals surface area contributed by atoms with Crippen molar-refractivity contribution in [3.63, 3.8) is 0 Å². The summed E-state index contributed by atoms with van der Waals surface area (Å²) in [4.78, 5) is 4.54. The van der Waals surface area contributed by atoms with E-state index < -0.39 is 0 Å². The first-order valence-electron chi connectivity index (χ1n) is 6.12. The zero-order chi connectivity index (χ0) is 12.5. The third-order valence-electron chi connectivity index (χ3n) is 3.17. The summed E-state index contributed by atoms with van der Waals surface area (Å²) in [5.41, 5.74) is 4.11. The average molecular weight is 346 g/mol. The van der Waals surface area contributed by atoms with Gasteiger partial charge in [0.15, 0.2) is 0 Å². The van der Waals surface area contributed by atoms with Gasteiger partial charge in [-0.25, -0.2) is 0 Å². The zero-order valence-corrected chi connectivity index (χ0v) is 14.3. The predicted octanol–water partition coefficient (Wildman–Crippen LogP) is 4.41. The summed E-state index contributed by atoms with van der Waals surface area (Å²) >= 11 is 0.395. The van der Waals surface area contributed by atoms with E-state index in [4.69, 9.17) is 0 Å². The number of rotatable bonds is 2. The predicted molar refractivity (Wildman–Crippen MR) is 86.9 cm³/mol. The summed E-state index contributed by atoms with van der Waals surface area (Å²) in [6.07, 6.45) is 5.35. The molecule has 0 radical (unpaired) electrons. The Morgan fingerprint density at radius 3 is 2.50 bits per heavy atom. The minimum Gasteiger partial charge on any atom is -0.147 e. The molecule has 0 fully saturated rings. The molecule has 0 atom stereocenters. The molecule has 1 aliphatic carbocycles. The smallest absolute Gasteiger partial charge is 0.147 e. The third-order valence-corrected chi connectivity index (χ3v) is 5.14. The van der Waals surface area contributed by atoms with Crippen LogP contribution >= 0.6 is 24.8 Å². The Morgan fingerprint density at radius 2 is 1.80 bits per heavy atom. The largest absolute Gasteiger partial charge is 0.147 e. The van der Waals surface area contributed by atoms with E-state index in [0.29, 0.717) is 15.2 Å². The number of allylic oxidation sites excluding steroid dienone is 4. The summed E-state index contributed by atoms with van der Waals surface area (Å²) in [6.45, 7) is 4.44. The van der Waals surface area contributed by atoms with Crippen molar-refractivity contribution >= 4 is 40.1 Å². The molecule has 1 aromatic heterocycles. The van der Waals surface area contributed by atoms with Crippen molar-refractivity contribution in [3.8, 4) is 0 Å². The molecule has 0 spiro atoms. The first-order valence-corrected chi connectivity index (χ1v) is 7.40. The van der Waals surface area contributed by atoms with Gasteiger partial charge in [-0.1, -0.05) is 0 Å². The number of para-hydroxylation sites is 1. The fourth-order valence-corrected chi connectivity index (χ4v) is 4.17. The second-order valence-corrected chi connectivity index (χ2v) is 6.48. The Balaban J connectivity index is 0.000001000. The van der Waals surface area contributed by atoms with E-state index in [2.05, 4.69) is 49.2 Å². The van der Waals surface area contributed by atoms with Crippen LogP contribution in [0.3, 0.4) is 0 Å². The molecule has 3 rings (SSSR count). The molecule has 0 amide bonds. The number of fused-ring (bicyclic) bond motifs is 1. The van der Waals surface area contributed by atoms with E-state index in [1.54, 1.807) is 4.44 Å². The number of aromatic nitrogens is 1. The van der Waals surface area contributed by atoms with Crippen LogP contribution in [-0.2, 0) is 15.2 Å². The minimum absolute atomic E-state index is 0. The maximum Gasteiger partial charge on any atom is -0.147 e. The van der Waals surface area contributed by atoms with E-state index >= 15 is 0 Å². The fraction of sp³-hybridized carbons (Fsp3) is 0.188. The Bertz CT molecular complexity index is 672. The molecule has 1 nitrogen and oxygen atoms in total. The standard InChI is InChI=1S/C9H6N.C7H9.2ClH.Cr/c1-2-6-9-8(4-1)5-3-7-10-9;1-6-3-4-7(2)5-6;;;/h1-5,7H;5H,3H2,1-2H3;2*1H;. The summed E-state index contributed by atoms with van der Waals surface area (Å²) in [7, 11) is 0. The second-order valence-electron chi connectivity index (χ2n) is 4.71. The molecule has 1 aliphatic rings. The monoisotopic (exact) mass is 345 g/mol. The van der Waals surface area contributed by atoms with Crippen molar-refractivity contribution in [1.82, 2.24) is 4.98 Å². The molecular weight excluding hydrogens is 329 g/mol. The summed E-state index contributed by atoms with van der Waals surface area (Å²) < 4.78 is 3.00. The number of hydrogen-bond donors (Lipinski definition) is 0. The van der Waals surface area contributed by atoms with Crippen molar-refractivity contribution in [3.05, 3.63) is 58.2 Å². The summed E-state index contributed by atoms with van der Waals surface area (Å²) in [5.74, 6) is 0. The number of pyridine rings is 1. The van der Waals surface area contributed by atoms with Gasteiger partial charge in [-0.3, -0.25) is 0 Å². The van der Waals surface area contributed by atoms with Gasteiger partial charge in [0.25, 0.3) is 0 Å². The van der Waals surface area contributed by atoms with Crippen LogP contribution in [0.1, 0.15) is 20.3 Å². The van der Waals surface area contributed by atoms with Gasteiger partial charge >= 0.3 is 114 Å². The van der Waals surface area contributed by atoms with Gasteiger partial charge in [0.2, 0.25) is 0 Å². The molecule has 20 heavy (non-hydrogen) atoms. The van der Waals surface area contributed by atoms with Gasteiger partial charge in [0.1, 0.15) is 0 Å². The Morgan fingerprint density at radius 1 is 1.05 bits per heavy atom. The summed E-state index contributed by atoms with van der Waals surface area (Å²) in [6, 6.07) is 10.7.